The number of esters is 2. The van der Waals surface area contributed by atoms with Gasteiger partial charge in [0.15, 0.2) is 22.9 Å². The Morgan fingerprint density at radius 3 is 2.44 bits per heavy atom. The Labute approximate surface area is 302 Å². The van der Waals surface area contributed by atoms with Gasteiger partial charge in [0.05, 0.1) is 42.2 Å². The van der Waals surface area contributed by atoms with Crippen molar-refractivity contribution in [1.82, 2.24) is 4.57 Å². The Morgan fingerprint density at radius 1 is 0.980 bits per heavy atom. The van der Waals surface area contributed by atoms with E-state index >= 15 is 0 Å². The average Bonchev–Trinajstić information content (AvgIpc) is 3.41. The number of aromatic nitrogens is 1. The second-order valence-electron chi connectivity index (χ2n) is 11.1. The molecule has 1 aliphatic heterocycles. The lowest BCUT2D eigenvalue weighted by Crippen LogP contribution is -2.40. The number of halogens is 1. The molecule has 0 bridgehead atoms. The van der Waals surface area contributed by atoms with Gasteiger partial charge >= 0.3 is 11.9 Å². The molecule has 1 atom stereocenters. The van der Waals surface area contributed by atoms with Crippen LogP contribution >= 0.6 is 27.3 Å². The number of fused-ring (bicyclic) bond motifs is 1. The second kappa shape index (κ2) is 16.6. The van der Waals surface area contributed by atoms with Crippen LogP contribution in [-0.2, 0) is 32.1 Å². The monoisotopic (exact) mass is 760 g/mol. The van der Waals surface area contributed by atoms with Crippen LogP contribution in [0.4, 0.5) is 0 Å². The molecule has 0 amide bonds. The molecule has 0 spiro atoms. The van der Waals surface area contributed by atoms with E-state index in [1.54, 1.807) is 38.1 Å². The van der Waals surface area contributed by atoms with E-state index in [1.807, 2.05) is 55.5 Å². The van der Waals surface area contributed by atoms with Gasteiger partial charge < -0.3 is 23.7 Å². The number of carbonyl (C=O) groups is 2. The number of methoxy groups -OCH3 is 1. The molecule has 0 saturated heterocycles. The van der Waals surface area contributed by atoms with Crippen molar-refractivity contribution in [2.75, 3.05) is 26.9 Å². The highest BCUT2D eigenvalue weighted by Crippen LogP contribution is 2.36. The molecule has 0 radical (unpaired) electrons. The molecule has 10 nitrogen and oxygen atoms in total. The van der Waals surface area contributed by atoms with Crippen molar-refractivity contribution >= 4 is 45.3 Å². The largest absolute Gasteiger partial charge is 0.490 e. The SMILES string of the molecule is C=CCc1cc(/C=c2\sc3n(c2=O)[C@H](c2ccc(OCC(=O)OC)c(OCC)c2)C(C(=O)OCC)=C(C)N=3)ccc1OCc1ccc(Br)cc1. The molecule has 260 valence electrons. The highest BCUT2D eigenvalue weighted by Gasteiger charge is 2.34. The number of nitrogens with zero attached hydrogens (tertiary/aromatic N) is 2. The molecule has 1 aromatic heterocycles. The van der Waals surface area contributed by atoms with Crippen LogP contribution < -0.4 is 29.1 Å². The quantitative estimate of drug-likeness (QED) is 0.117. The van der Waals surface area contributed by atoms with Gasteiger partial charge in [-0.1, -0.05) is 57.6 Å². The smallest absolute Gasteiger partial charge is 0.343 e. The minimum absolute atomic E-state index is 0.146. The standard InChI is InChI=1S/C38H37BrN2O8S/c1-6-9-26-18-25(12-16-29(26)48-21-24-10-14-28(39)15-11-24)19-32-36(43)41-35(34(37(44)47-8-3)23(4)40-38(41)50-32)27-13-17-30(31(20-27)46-7-2)49-22-33(42)45-5/h6,10-20,35H,1,7-9,21-22H2,2-5H3/b32-19-/t35-/m1/s1. The van der Waals surface area contributed by atoms with Crippen molar-refractivity contribution in [3.05, 3.63) is 131 Å². The number of allylic oxidation sites excluding steroid dienone is 2. The van der Waals surface area contributed by atoms with Crippen molar-refractivity contribution in [2.24, 2.45) is 4.99 Å². The normalized spacial score (nSPS) is 14.0. The fourth-order valence-corrected chi connectivity index (χ4v) is 6.73. The van der Waals surface area contributed by atoms with E-state index in [0.29, 0.717) is 51.7 Å². The number of hydrogen-bond acceptors (Lipinski definition) is 10. The summed E-state index contributed by atoms with van der Waals surface area (Å²) in [4.78, 5) is 44.5. The number of hydrogen-bond donors (Lipinski definition) is 0. The molecule has 4 aromatic rings. The van der Waals surface area contributed by atoms with Crippen molar-refractivity contribution in [2.45, 2.75) is 39.8 Å². The molecule has 2 heterocycles. The van der Waals surface area contributed by atoms with Crippen LogP contribution in [0.2, 0.25) is 0 Å². The van der Waals surface area contributed by atoms with Crippen LogP contribution in [0.1, 0.15) is 49.1 Å². The summed E-state index contributed by atoms with van der Waals surface area (Å²) in [6, 6.07) is 17.9. The third-order valence-electron chi connectivity index (χ3n) is 7.73. The third-order valence-corrected chi connectivity index (χ3v) is 9.24. The summed E-state index contributed by atoms with van der Waals surface area (Å²) in [5.41, 5.74) is 3.68. The maximum absolute atomic E-state index is 14.2. The Bertz CT molecular complexity index is 2120. The van der Waals surface area contributed by atoms with Gasteiger partial charge in [-0.2, -0.15) is 0 Å². The fourth-order valence-electron chi connectivity index (χ4n) is 5.42. The van der Waals surface area contributed by atoms with Gasteiger partial charge in [0, 0.05) is 4.47 Å². The maximum Gasteiger partial charge on any atom is 0.343 e. The van der Waals surface area contributed by atoms with E-state index < -0.39 is 18.0 Å². The van der Waals surface area contributed by atoms with Gasteiger partial charge in [-0.05, 0) is 91.9 Å². The van der Waals surface area contributed by atoms with Gasteiger partial charge in [-0.25, -0.2) is 14.6 Å². The van der Waals surface area contributed by atoms with Gasteiger partial charge in [-0.3, -0.25) is 9.36 Å². The second-order valence-corrected chi connectivity index (χ2v) is 13.0. The van der Waals surface area contributed by atoms with Crippen LogP contribution in [0.5, 0.6) is 17.2 Å². The average molecular weight is 762 g/mol. The summed E-state index contributed by atoms with van der Waals surface area (Å²) >= 11 is 4.69. The van der Waals surface area contributed by atoms with Crippen LogP contribution in [0.15, 0.2) is 98.8 Å². The summed E-state index contributed by atoms with van der Waals surface area (Å²) in [5.74, 6) is 0.249. The van der Waals surface area contributed by atoms with Gasteiger partial charge in [0.1, 0.15) is 12.4 Å². The van der Waals surface area contributed by atoms with Crippen molar-refractivity contribution < 1.29 is 33.3 Å². The third kappa shape index (κ3) is 8.26. The van der Waals surface area contributed by atoms with Gasteiger partial charge in [0.25, 0.3) is 5.56 Å². The zero-order chi connectivity index (χ0) is 35.8. The summed E-state index contributed by atoms with van der Waals surface area (Å²) in [5, 5.41) is 0. The first-order valence-corrected chi connectivity index (χ1v) is 17.5. The highest BCUT2D eigenvalue weighted by molar-refractivity contribution is 9.10. The fraction of sp³-hybridized carbons (Fsp3) is 0.263. The molecule has 0 aliphatic carbocycles. The lowest BCUT2D eigenvalue weighted by molar-refractivity contribution is -0.143. The molecule has 50 heavy (non-hydrogen) atoms. The Morgan fingerprint density at radius 2 is 1.74 bits per heavy atom. The number of carbonyl (C=O) groups excluding carboxylic acids is 2. The Kier molecular flexibility index (Phi) is 12.1. The Balaban J connectivity index is 1.57. The lowest BCUT2D eigenvalue weighted by atomic mass is 9.95. The molecule has 0 unspecified atom stereocenters. The molecule has 0 saturated carbocycles. The minimum Gasteiger partial charge on any atom is -0.490 e. The van der Waals surface area contributed by atoms with E-state index in [2.05, 4.69) is 27.5 Å². The van der Waals surface area contributed by atoms with Crippen molar-refractivity contribution in [1.29, 1.82) is 0 Å². The van der Waals surface area contributed by atoms with E-state index in [1.165, 1.54) is 23.0 Å². The number of ether oxygens (including phenoxy) is 5. The molecule has 5 rings (SSSR count). The predicted molar refractivity (Wildman–Crippen MR) is 194 cm³/mol. The predicted octanol–water partition coefficient (Wildman–Crippen LogP) is 5.82. The first kappa shape index (κ1) is 36.3. The number of rotatable bonds is 14. The van der Waals surface area contributed by atoms with E-state index in [-0.39, 0.29) is 24.3 Å². The van der Waals surface area contributed by atoms with Crippen LogP contribution in [0.3, 0.4) is 0 Å². The molecular weight excluding hydrogens is 724 g/mol. The zero-order valence-corrected chi connectivity index (χ0v) is 30.6. The molecule has 12 heteroatoms. The number of thiazole rings is 1. The van der Waals surface area contributed by atoms with Gasteiger partial charge in [0.2, 0.25) is 0 Å². The molecule has 3 aromatic carbocycles. The summed E-state index contributed by atoms with van der Waals surface area (Å²) in [6.45, 7) is 9.71. The highest BCUT2D eigenvalue weighted by atomic mass is 79.9. The van der Waals surface area contributed by atoms with E-state index in [9.17, 15) is 14.4 Å². The summed E-state index contributed by atoms with van der Waals surface area (Å²) in [7, 11) is 1.27. The summed E-state index contributed by atoms with van der Waals surface area (Å²) < 4.78 is 30.7. The zero-order valence-electron chi connectivity index (χ0n) is 28.2. The van der Waals surface area contributed by atoms with E-state index in [4.69, 9.17) is 23.7 Å². The van der Waals surface area contributed by atoms with Crippen LogP contribution in [0.25, 0.3) is 6.08 Å². The molecule has 0 fully saturated rings. The first-order valence-electron chi connectivity index (χ1n) is 15.9. The Hall–Kier alpha value is -4.94. The lowest BCUT2D eigenvalue weighted by Gasteiger charge is -2.25. The molecule has 1 aliphatic rings. The van der Waals surface area contributed by atoms with Gasteiger partial charge in [-0.15, -0.1) is 6.58 Å². The molecular formula is C38H37BrN2O8S. The van der Waals surface area contributed by atoms with E-state index in [0.717, 1.165) is 26.9 Å². The van der Waals surface area contributed by atoms with Crippen LogP contribution in [-0.4, -0.2) is 43.4 Å². The molecule has 0 N–H and O–H groups in total. The van der Waals surface area contributed by atoms with Crippen molar-refractivity contribution in [3.63, 3.8) is 0 Å². The summed E-state index contributed by atoms with van der Waals surface area (Å²) in [6.07, 6.45) is 4.19. The number of benzene rings is 3. The topological polar surface area (TPSA) is 115 Å². The van der Waals surface area contributed by atoms with Crippen molar-refractivity contribution in [3.8, 4) is 17.2 Å². The van der Waals surface area contributed by atoms with Crippen LogP contribution in [0, 0.1) is 0 Å². The maximum atomic E-state index is 14.2. The first-order chi connectivity index (χ1) is 24.2. The minimum atomic E-state index is -0.868.